The highest BCUT2D eigenvalue weighted by atomic mass is 32.2. The van der Waals surface area contributed by atoms with Gasteiger partial charge in [-0.25, -0.2) is 0 Å². The van der Waals surface area contributed by atoms with Crippen LogP contribution in [0.15, 0.2) is 17.8 Å². The first kappa shape index (κ1) is 17.0. The van der Waals surface area contributed by atoms with Crippen molar-refractivity contribution < 1.29 is 4.79 Å². The van der Waals surface area contributed by atoms with E-state index in [2.05, 4.69) is 27.0 Å². The van der Waals surface area contributed by atoms with Gasteiger partial charge in [0, 0.05) is 25.3 Å². The van der Waals surface area contributed by atoms with Crippen LogP contribution < -0.4 is 5.32 Å². The van der Waals surface area contributed by atoms with Gasteiger partial charge in [0.05, 0.1) is 6.54 Å². The van der Waals surface area contributed by atoms with Gasteiger partial charge in [0.15, 0.2) is 11.0 Å². The van der Waals surface area contributed by atoms with Crippen molar-refractivity contribution in [3.8, 4) is 0 Å². The summed E-state index contributed by atoms with van der Waals surface area (Å²) in [5, 5.41) is 12.2. The van der Waals surface area contributed by atoms with E-state index < -0.39 is 0 Å². The molecule has 2 heterocycles. The maximum absolute atomic E-state index is 11.4. The van der Waals surface area contributed by atoms with E-state index in [9.17, 15) is 4.79 Å². The number of likely N-dealkylation sites (tertiary alicyclic amines) is 1. The number of rotatable bonds is 9. The van der Waals surface area contributed by atoms with Crippen molar-refractivity contribution in [3.63, 3.8) is 0 Å². The lowest BCUT2D eigenvalue weighted by Gasteiger charge is -2.13. The van der Waals surface area contributed by atoms with Crippen molar-refractivity contribution in [2.45, 2.75) is 44.4 Å². The third-order valence-corrected chi connectivity index (χ3v) is 4.65. The first-order valence-corrected chi connectivity index (χ1v) is 8.88. The van der Waals surface area contributed by atoms with Crippen molar-refractivity contribution in [2.24, 2.45) is 0 Å². The van der Waals surface area contributed by atoms with Crippen LogP contribution in [0.4, 0.5) is 0 Å². The summed E-state index contributed by atoms with van der Waals surface area (Å²) < 4.78 is 2.03. The van der Waals surface area contributed by atoms with Crippen LogP contribution in [0.2, 0.25) is 0 Å². The van der Waals surface area contributed by atoms with Crippen LogP contribution in [0.1, 0.15) is 32.0 Å². The van der Waals surface area contributed by atoms with Crippen LogP contribution in [-0.2, 0) is 17.9 Å². The molecule has 0 spiro atoms. The molecular formula is C15H25N5OS. The molecule has 1 N–H and O–H groups in total. The van der Waals surface area contributed by atoms with E-state index in [1.807, 2.05) is 17.6 Å². The van der Waals surface area contributed by atoms with E-state index >= 15 is 0 Å². The summed E-state index contributed by atoms with van der Waals surface area (Å²) in [7, 11) is 0. The molecule has 0 saturated carbocycles. The Bertz CT molecular complexity index is 496. The van der Waals surface area contributed by atoms with Crippen LogP contribution in [0.25, 0.3) is 0 Å². The van der Waals surface area contributed by atoms with Crippen molar-refractivity contribution in [1.82, 2.24) is 25.0 Å². The summed E-state index contributed by atoms with van der Waals surface area (Å²) in [6.07, 6.45) is 4.95. The Labute approximate surface area is 136 Å². The van der Waals surface area contributed by atoms with Crippen molar-refractivity contribution in [3.05, 3.63) is 18.5 Å². The average molecular weight is 323 g/mol. The van der Waals surface area contributed by atoms with Gasteiger partial charge in [-0.2, -0.15) is 0 Å². The number of aromatic nitrogens is 3. The quantitative estimate of drug-likeness (QED) is 0.553. The predicted molar refractivity (Wildman–Crippen MR) is 88.8 cm³/mol. The van der Waals surface area contributed by atoms with E-state index in [0.29, 0.717) is 19.5 Å². The summed E-state index contributed by atoms with van der Waals surface area (Å²) in [6.45, 7) is 10.2. The standard InChI is InChI=1S/C15H25N5OS/c1-3-7-20-13(12-16-14(21)4-2)17-18-15(20)22-11-10-19-8-5-6-9-19/h3H,1,4-12H2,2H3,(H,16,21). The lowest BCUT2D eigenvalue weighted by molar-refractivity contribution is -0.120. The minimum Gasteiger partial charge on any atom is -0.349 e. The van der Waals surface area contributed by atoms with Crippen molar-refractivity contribution in [2.75, 3.05) is 25.4 Å². The number of hydrogen-bond acceptors (Lipinski definition) is 5. The second-order valence-electron chi connectivity index (χ2n) is 5.33. The van der Waals surface area contributed by atoms with E-state index in [4.69, 9.17) is 0 Å². The summed E-state index contributed by atoms with van der Waals surface area (Å²) in [5.41, 5.74) is 0. The Balaban J connectivity index is 1.89. The number of carbonyl (C=O) groups excluding carboxylic acids is 1. The van der Waals surface area contributed by atoms with Crippen molar-refractivity contribution in [1.29, 1.82) is 0 Å². The molecule has 0 bridgehead atoms. The number of hydrogen-bond donors (Lipinski definition) is 1. The smallest absolute Gasteiger partial charge is 0.220 e. The van der Waals surface area contributed by atoms with Crippen molar-refractivity contribution >= 4 is 17.7 Å². The summed E-state index contributed by atoms with van der Waals surface area (Å²) in [4.78, 5) is 13.9. The topological polar surface area (TPSA) is 63.1 Å². The number of allylic oxidation sites excluding steroid dienone is 1. The summed E-state index contributed by atoms with van der Waals surface area (Å²) >= 11 is 1.72. The molecule has 1 aliphatic rings. The van der Waals surface area contributed by atoms with E-state index in [0.717, 1.165) is 23.3 Å². The van der Waals surface area contributed by atoms with E-state index in [-0.39, 0.29) is 5.91 Å². The Kier molecular flexibility index (Phi) is 6.92. The van der Waals surface area contributed by atoms with E-state index in [1.54, 1.807) is 11.8 Å². The monoisotopic (exact) mass is 323 g/mol. The molecule has 0 aliphatic carbocycles. The van der Waals surface area contributed by atoms with Crippen LogP contribution in [0.5, 0.6) is 0 Å². The molecule has 1 amide bonds. The molecule has 0 atom stereocenters. The number of nitrogens with zero attached hydrogens (tertiary/aromatic N) is 4. The molecule has 1 aromatic heterocycles. The molecule has 1 aliphatic heterocycles. The summed E-state index contributed by atoms with van der Waals surface area (Å²) in [6, 6.07) is 0. The third-order valence-electron chi connectivity index (χ3n) is 3.71. The third kappa shape index (κ3) is 4.84. The highest BCUT2D eigenvalue weighted by Gasteiger charge is 2.14. The minimum atomic E-state index is 0.0244. The Morgan fingerprint density at radius 2 is 2.18 bits per heavy atom. The van der Waals surface area contributed by atoms with Crippen LogP contribution >= 0.6 is 11.8 Å². The molecule has 0 unspecified atom stereocenters. The first-order valence-electron chi connectivity index (χ1n) is 7.89. The number of amides is 1. The minimum absolute atomic E-state index is 0.0244. The van der Waals surface area contributed by atoms with Gasteiger partial charge in [-0.05, 0) is 25.9 Å². The molecule has 0 radical (unpaired) electrons. The molecule has 2 rings (SSSR count). The Hall–Kier alpha value is -1.34. The van der Waals surface area contributed by atoms with Crippen LogP contribution in [0, 0.1) is 0 Å². The molecule has 0 aromatic carbocycles. The van der Waals surface area contributed by atoms with Gasteiger partial charge in [-0.1, -0.05) is 24.8 Å². The van der Waals surface area contributed by atoms with E-state index in [1.165, 1.54) is 25.9 Å². The fourth-order valence-corrected chi connectivity index (χ4v) is 3.41. The number of carbonyl (C=O) groups is 1. The SMILES string of the molecule is C=CCn1c(CNC(=O)CC)nnc1SCCN1CCCC1. The molecule has 6 nitrogen and oxygen atoms in total. The molecule has 1 fully saturated rings. The maximum atomic E-state index is 11.4. The van der Waals surface area contributed by atoms with Gasteiger partial charge in [0.2, 0.25) is 5.91 Å². The van der Waals surface area contributed by atoms with Gasteiger partial charge in [-0.3, -0.25) is 4.79 Å². The zero-order chi connectivity index (χ0) is 15.8. The molecule has 22 heavy (non-hydrogen) atoms. The lowest BCUT2D eigenvalue weighted by Crippen LogP contribution is -2.24. The highest BCUT2D eigenvalue weighted by Crippen LogP contribution is 2.18. The fraction of sp³-hybridized carbons (Fsp3) is 0.667. The highest BCUT2D eigenvalue weighted by molar-refractivity contribution is 7.99. The Morgan fingerprint density at radius 1 is 1.41 bits per heavy atom. The van der Waals surface area contributed by atoms with Gasteiger partial charge in [0.25, 0.3) is 0 Å². The number of nitrogens with one attached hydrogen (secondary N) is 1. The molecule has 1 aromatic rings. The average Bonchev–Trinajstić information content (AvgIpc) is 3.16. The maximum Gasteiger partial charge on any atom is 0.220 e. The van der Waals surface area contributed by atoms with Crippen LogP contribution in [-0.4, -0.2) is 51.0 Å². The van der Waals surface area contributed by atoms with Gasteiger partial charge in [0.1, 0.15) is 0 Å². The van der Waals surface area contributed by atoms with Crippen LogP contribution in [0.3, 0.4) is 0 Å². The largest absolute Gasteiger partial charge is 0.349 e. The zero-order valence-electron chi connectivity index (χ0n) is 13.3. The van der Waals surface area contributed by atoms with Gasteiger partial charge >= 0.3 is 0 Å². The fourth-order valence-electron chi connectivity index (χ4n) is 2.44. The zero-order valence-corrected chi connectivity index (χ0v) is 14.1. The molecule has 122 valence electrons. The molecule has 7 heteroatoms. The number of thioether (sulfide) groups is 1. The molecule has 1 saturated heterocycles. The normalized spacial score (nSPS) is 15.1. The van der Waals surface area contributed by atoms with Gasteiger partial charge < -0.3 is 14.8 Å². The predicted octanol–water partition coefficient (Wildman–Crippen LogP) is 1.68. The molecular weight excluding hydrogens is 298 g/mol. The van der Waals surface area contributed by atoms with Gasteiger partial charge in [-0.15, -0.1) is 16.8 Å². The summed E-state index contributed by atoms with van der Waals surface area (Å²) in [5.74, 6) is 1.82. The first-order chi connectivity index (χ1) is 10.7. The Morgan fingerprint density at radius 3 is 2.86 bits per heavy atom. The second-order valence-corrected chi connectivity index (χ2v) is 6.39. The lowest BCUT2D eigenvalue weighted by atomic mass is 10.4. The second kappa shape index (κ2) is 8.95.